The second-order valence-electron chi connectivity index (χ2n) is 10.9. The number of pyridine rings is 1. The molecule has 0 radical (unpaired) electrons. The molecule has 1 unspecified atom stereocenters. The third-order valence-corrected chi connectivity index (χ3v) is 11.5. The summed E-state index contributed by atoms with van der Waals surface area (Å²) in [6.45, 7) is 1.20. The van der Waals surface area contributed by atoms with E-state index in [4.69, 9.17) is 14.6 Å². The molecule has 13 heteroatoms. The number of piperidine rings is 1. The van der Waals surface area contributed by atoms with Gasteiger partial charge in [-0.05, 0) is 56.0 Å². The summed E-state index contributed by atoms with van der Waals surface area (Å²) >= 11 is 0. The van der Waals surface area contributed by atoms with Gasteiger partial charge >= 0.3 is 0 Å². The van der Waals surface area contributed by atoms with E-state index in [-0.39, 0.29) is 47.8 Å². The van der Waals surface area contributed by atoms with Crippen LogP contribution in [0.4, 0.5) is 0 Å². The highest BCUT2D eigenvalue weighted by Gasteiger charge is 2.44. The quantitative estimate of drug-likeness (QED) is 0.273. The Hall–Kier alpha value is -2.65. The molecule has 3 aromatic rings. The van der Waals surface area contributed by atoms with Crippen LogP contribution in [-0.2, 0) is 24.6 Å². The maximum Gasteiger partial charge on any atom is 0.244 e. The van der Waals surface area contributed by atoms with Crippen molar-refractivity contribution in [3.05, 3.63) is 60.8 Å². The van der Waals surface area contributed by atoms with E-state index < -0.39 is 31.6 Å². The molecular formula is C29H37N3O8S2. The number of ether oxygens (including phenoxy) is 2. The van der Waals surface area contributed by atoms with Crippen LogP contribution in [0.1, 0.15) is 25.7 Å². The molecule has 2 aliphatic heterocycles. The molecule has 2 aromatic carbocycles. The number of para-hydroxylation sites is 1. The average Bonchev–Trinajstić information content (AvgIpc) is 3.40. The van der Waals surface area contributed by atoms with Gasteiger partial charge < -0.3 is 25.0 Å². The number of aliphatic hydroxyl groups excluding tert-OH is 2. The second-order valence-corrected chi connectivity index (χ2v) is 15.0. The van der Waals surface area contributed by atoms with Gasteiger partial charge in [0.15, 0.2) is 9.84 Å². The van der Waals surface area contributed by atoms with E-state index in [0.717, 1.165) is 10.9 Å². The standard InChI is InChI=1S/C29H37N3O8S2/c33-13-4-14-41(35,36)26-7-3-6-25(16-26)39-21-24(34)18-30-23-17-29(40-20-23)9-11-32(12-10-29)42(37,38)27-15-22-5-1-2-8-28(22)31-19-27/h1-3,5-8,15-16,19,23-24,30,33-34H,4,9-14,17-18,20-21H2/t23-,24?/m1/s1. The zero-order valence-electron chi connectivity index (χ0n) is 23.3. The van der Waals surface area contributed by atoms with Crippen molar-refractivity contribution in [2.75, 3.05) is 45.2 Å². The van der Waals surface area contributed by atoms with E-state index >= 15 is 0 Å². The van der Waals surface area contributed by atoms with Crippen molar-refractivity contribution in [1.29, 1.82) is 0 Å². The normalized spacial score (nSPS) is 20.2. The van der Waals surface area contributed by atoms with Crippen LogP contribution in [-0.4, -0.2) is 99.3 Å². The number of rotatable bonds is 12. The monoisotopic (exact) mass is 619 g/mol. The molecule has 1 aromatic heterocycles. The second kappa shape index (κ2) is 12.9. The lowest BCUT2D eigenvalue weighted by Gasteiger charge is -2.38. The van der Waals surface area contributed by atoms with Gasteiger partial charge in [0.1, 0.15) is 23.4 Å². The summed E-state index contributed by atoms with van der Waals surface area (Å²) in [5, 5.41) is 23.5. The molecule has 0 bridgehead atoms. The largest absolute Gasteiger partial charge is 0.491 e. The van der Waals surface area contributed by atoms with Crippen molar-refractivity contribution in [2.45, 2.75) is 53.2 Å². The predicted molar refractivity (Wildman–Crippen MR) is 157 cm³/mol. The van der Waals surface area contributed by atoms with Crippen LogP contribution < -0.4 is 10.1 Å². The van der Waals surface area contributed by atoms with E-state index in [9.17, 15) is 21.9 Å². The number of fused-ring (bicyclic) bond motifs is 1. The van der Waals surface area contributed by atoms with Gasteiger partial charge in [-0.25, -0.2) is 16.8 Å². The van der Waals surface area contributed by atoms with E-state index in [1.54, 1.807) is 18.2 Å². The lowest BCUT2D eigenvalue weighted by Crippen LogP contribution is -2.47. The van der Waals surface area contributed by atoms with Gasteiger partial charge in [-0.1, -0.05) is 24.3 Å². The summed E-state index contributed by atoms with van der Waals surface area (Å²) in [7, 11) is -7.19. The zero-order valence-corrected chi connectivity index (χ0v) is 24.9. The Morgan fingerprint density at radius 2 is 1.86 bits per heavy atom. The summed E-state index contributed by atoms with van der Waals surface area (Å²) in [4.78, 5) is 4.61. The summed E-state index contributed by atoms with van der Waals surface area (Å²) in [5.74, 6) is 0.184. The number of hydrogen-bond acceptors (Lipinski definition) is 10. The topological polar surface area (TPSA) is 155 Å². The van der Waals surface area contributed by atoms with Gasteiger partial charge in [-0.3, -0.25) is 4.98 Å². The van der Waals surface area contributed by atoms with Gasteiger partial charge in [-0.2, -0.15) is 4.31 Å². The van der Waals surface area contributed by atoms with Gasteiger partial charge in [0.25, 0.3) is 0 Å². The molecule has 228 valence electrons. The van der Waals surface area contributed by atoms with Crippen molar-refractivity contribution in [3.8, 4) is 5.75 Å². The molecule has 0 amide bonds. The first kappa shape index (κ1) is 30.8. The summed E-state index contributed by atoms with van der Waals surface area (Å²) in [5.41, 5.74) is 0.341. The van der Waals surface area contributed by atoms with Crippen LogP contribution in [0.25, 0.3) is 10.9 Å². The van der Waals surface area contributed by atoms with Gasteiger partial charge in [0.05, 0.1) is 28.4 Å². The van der Waals surface area contributed by atoms with Gasteiger partial charge in [0.2, 0.25) is 10.0 Å². The van der Waals surface area contributed by atoms with E-state index in [0.29, 0.717) is 44.7 Å². The minimum absolute atomic E-state index is 0.00694. The Bertz CT molecular complexity index is 1590. The molecule has 1 spiro atoms. The molecule has 0 aliphatic carbocycles. The fourth-order valence-corrected chi connectivity index (χ4v) is 8.23. The number of sulfonamides is 1. The molecule has 2 saturated heterocycles. The molecule has 0 saturated carbocycles. The third-order valence-electron chi connectivity index (χ3n) is 7.87. The van der Waals surface area contributed by atoms with E-state index in [1.165, 1.54) is 22.6 Å². The average molecular weight is 620 g/mol. The van der Waals surface area contributed by atoms with Crippen LogP contribution in [0, 0.1) is 0 Å². The van der Waals surface area contributed by atoms with Crippen molar-refractivity contribution >= 4 is 30.8 Å². The maximum atomic E-state index is 13.3. The Morgan fingerprint density at radius 3 is 2.64 bits per heavy atom. The molecular weight excluding hydrogens is 582 g/mol. The molecule has 11 nitrogen and oxygen atoms in total. The lowest BCUT2D eigenvalue weighted by atomic mass is 9.88. The van der Waals surface area contributed by atoms with Crippen molar-refractivity contribution in [3.63, 3.8) is 0 Å². The number of benzene rings is 2. The predicted octanol–water partition coefficient (Wildman–Crippen LogP) is 1.73. The summed E-state index contributed by atoms with van der Waals surface area (Å²) < 4.78 is 64.6. The molecule has 42 heavy (non-hydrogen) atoms. The molecule has 5 rings (SSSR count). The Balaban J connectivity index is 1.08. The molecule has 2 aliphatic rings. The number of aromatic nitrogens is 1. The maximum absolute atomic E-state index is 13.3. The van der Waals surface area contributed by atoms with Crippen LogP contribution >= 0.6 is 0 Å². The van der Waals surface area contributed by atoms with Crippen molar-refractivity contribution in [2.24, 2.45) is 0 Å². The van der Waals surface area contributed by atoms with Crippen LogP contribution in [0.15, 0.2) is 70.6 Å². The number of nitrogens with one attached hydrogen (secondary N) is 1. The fourth-order valence-electron chi connectivity index (χ4n) is 5.48. The zero-order chi connectivity index (χ0) is 29.8. The van der Waals surface area contributed by atoms with Crippen molar-refractivity contribution in [1.82, 2.24) is 14.6 Å². The first-order valence-electron chi connectivity index (χ1n) is 14.1. The van der Waals surface area contributed by atoms with Gasteiger partial charge in [0, 0.05) is 43.9 Å². The Kier molecular flexibility index (Phi) is 9.47. The fraction of sp³-hybridized carbons (Fsp3) is 0.483. The SMILES string of the molecule is O=S(=O)(CCCO)c1cccc(OCC(O)CN[C@H]2COC3(CCN(S(=O)(=O)c4cnc5ccccc5c4)CC3)C2)c1. The highest BCUT2D eigenvalue weighted by atomic mass is 32.2. The minimum Gasteiger partial charge on any atom is -0.491 e. The summed E-state index contributed by atoms with van der Waals surface area (Å²) in [6, 6.07) is 15.2. The number of hydrogen-bond donors (Lipinski definition) is 3. The van der Waals surface area contributed by atoms with Gasteiger partial charge in [-0.15, -0.1) is 0 Å². The molecule has 3 heterocycles. The third kappa shape index (κ3) is 7.10. The van der Waals surface area contributed by atoms with E-state index in [1.807, 2.05) is 24.3 Å². The van der Waals surface area contributed by atoms with Crippen LogP contribution in [0.3, 0.4) is 0 Å². The van der Waals surface area contributed by atoms with E-state index in [2.05, 4.69) is 10.3 Å². The smallest absolute Gasteiger partial charge is 0.244 e. The first-order valence-corrected chi connectivity index (χ1v) is 17.2. The summed E-state index contributed by atoms with van der Waals surface area (Å²) in [6.07, 6.45) is 2.60. The van der Waals surface area contributed by atoms with Crippen molar-refractivity contribution < 1.29 is 36.5 Å². The molecule has 3 N–H and O–H groups in total. The van der Waals surface area contributed by atoms with Crippen LogP contribution in [0.5, 0.6) is 5.75 Å². The Morgan fingerprint density at radius 1 is 1.07 bits per heavy atom. The first-order chi connectivity index (χ1) is 20.1. The highest BCUT2D eigenvalue weighted by Crippen LogP contribution is 2.37. The Labute approximate surface area is 246 Å². The lowest BCUT2D eigenvalue weighted by molar-refractivity contribution is -0.0312. The molecule has 2 atom stereocenters. The number of nitrogens with zero attached hydrogens (tertiary/aromatic N) is 2. The number of sulfone groups is 1. The number of aliphatic hydroxyl groups is 2. The molecule has 2 fully saturated rings. The van der Waals surface area contributed by atoms with Crippen LogP contribution in [0.2, 0.25) is 0 Å². The highest BCUT2D eigenvalue weighted by molar-refractivity contribution is 7.91. The minimum atomic E-state index is -3.67.